The van der Waals surface area contributed by atoms with Gasteiger partial charge in [-0.1, -0.05) is 25.7 Å². The number of hydrogen-bond acceptors (Lipinski definition) is 1. The third-order valence-electron chi connectivity index (χ3n) is 2.01. The van der Waals surface area contributed by atoms with Crippen LogP contribution in [0.1, 0.15) is 26.7 Å². The maximum absolute atomic E-state index is 4.44. The third-order valence-corrected chi connectivity index (χ3v) is 2.85. The molecule has 0 bridgehead atoms. The summed E-state index contributed by atoms with van der Waals surface area (Å²) in [5.41, 5.74) is 1.40. The standard InChI is InChI=1S/C10H14S/c1-3-4-5-6-9-7-8(2)10(9)11/h6,8,10-11H,3,7H2,1-2H3/b9-6+. The molecule has 0 radical (unpaired) electrons. The average Bonchev–Trinajstić information content (AvgIpc) is 2.03. The van der Waals surface area contributed by atoms with Crippen molar-refractivity contribution in [3.05, 3.63) is 11.6 Å². The van der Waals surface area contributed by atoms with E-state index in [1.165, 1.54) is 12.0 Å². The molecule has 1 aliphatic carbocycles. The first-order valence-corrected chi connectivity index (χ1v) is 4.62. The lowest BCUT2D eigenvalue weighted by atomic mass is 9.81. The summed E-state index contributed by atoms with van der Waals surface area (Å²) in [6, 6.07) is 0. The fraction of sp³-hybridized carbons (Fsp3) is 0.600. The molecule has 1 fully saturated rings. The summed E-state index contributed by atoms with van der Waals surface area (Å²) in [6.07, 6.45) is 4.16. The summed E-state index contributed by atoms with van der Waals surface area (Å²) >= 11 is 4.44. The van der Waals surface area contributed by atoms with Crippen LogP contribution in [0.3, 0.4) is 0 Å². The maximum Gasteiger partial charge on any atom is 0.0264 e. The van der Waals surface area contributed by atoms with Crippen molar-refractivity contribution in [2.45, 2.75) is 31.9 Å². The Balaban J connectivity index is 2.44. The van der Waals surface area contributed by atoms with Crippen molar-refractivity contribution in [3.8, 4) is 11.8 Å². The van der Waals surface area contributed by atoms with E-state index in [2.05, 4.69) is 38.3 Å². The van der Waals surface area contributed by atoms with Crippen LogP contribution < -0.4 is 0 Å². The highest BCUT2D eigenvalue weighted by atomic mass is 32.1. The van der Waals surface area contributed by atoms with Crippen molar-refractivity contribution in [1.82, 2.24) is 0 Å². The molecule has 1 aliphatic rings. The zero-order chi connectivity index (χ0) is 8.27. The van der Waals surface area contributed by atoms with Crippen LogP contribution in [-0.2, 0) is 0 Å². The first kappa shape index (κ1) is 8.74. The largest absolute Gasteiger partial charge is 0.171 e. The predicted molar refractivity (Wildman–Crippen MR) is 52.7 cm³/mol. The van der Waals surface area contributed by atoms with Gasteiger partial charge in [0.1, 0.15) is 0 Å². The summed E-state index contributed by atoms with van der Waals surface area (Å²) in [4.78, 5) is 0. The Labute approximate surface area is 74.5 Å². The Morgan fingerprint density at radius 2 is 2.45 bits per heavy atom. The minimum Gasteiger partial charge on any atom is -0.171 e. The molecule has 0 aliphatic heterocycles. The second-order valence-corrected chi connectivity index (χ2v) is 3.58. The molecule has 0 saturated heterocycles. The van der Waals surface area contributed by atoms with E-state index in [1.807, 2.05) is 6.08 Å². The molecular weight excluding hydrogens is 152 g/mol. The van der Waals surface area contributed by atoms with E-state index in [4.69, 9.17) is 0 Å². The molecule has 0 N–H and O–H groups in total. The van der Waals surface area contributed by atoms with Gasteiger partial charge in [-0.05, 0) is 24.0 Å². The zero-order valence-corrected chi connectivity index (χ0v) is 7.99. The van der Waals surface area contributed by atoms with Crippen LogP contribution >= 0.6 is 12.6 Å². The molecule has 0 spiro atoms. The van der Waals surface area contributed by atoms with E-state index < -0.39 is 0 Å². The van der Waals surface area contributed by atoms with Gasteiger partial charge in [0.25, 0.3) is 0 Å². The number of thiol groups is 1. The fourth-order valence-corrected chi connectivity index (χ4v) is 1.48. The van der Waals surface area contributed by atoms with Crippen molar-refractivity contribution in [1.29, 1.82) is 0 Å². The summed E-state index contributed by atoms with van der Waals surface area (Å²) in [5, 5.41) is 0.473. The molecule has 1 heteroatoms. The molecule has 0 amide bonds. The third kappa shape index (κ3) is 2.04. The topological polar surface area (TPSA) is 0 Å². The molecule has 1 saturated carbocycles. The highest BCUT2D eigenvalue weighted by molar-refractivity contribution is 7.81. The van der Waals surface area contributed by atoms with E-state index >= 15 is 0 Å². The Kier molecular flexibility index (Phi) is 3.08. The number of hydrogen-bond donors (Lipinski definition) is 1. The lowest BCUT2D eigenvalue weighted by Crippen LogP contribution is -2.26. The summed E-state index contributed by atoms with van der Waals surface area (Å²) in [5.74, 6) is 6.79. The average molecular weight is 166 g/mol. The SMILES string of the molecule is CCC#C/C=C1\CC(C)C1S. The molecule has 11 heavy (non-hydrogen) atoms. The van der Waals surface area contributed by atoms with Crippen molar-refractivity contribution in [2.24, 2.45) is 5.92 Å². The van der Waals surface area contributed by atoms with E-state index in [-0.39, 0.29) is 0 Å². The van der Waals surface area contributed by atoms with E-state index in [1.54, 1.807) is 0 Å². The van der Waals surface area contributed by atoms with Gasteiger partial charge >= 0.3 is 0 Å². The van der Waals surface area contributed by atoms with Gasteiger partial charge in [0, 0.05) is 11.7 Å². The predicted octanol–water partition coefficient (Wildman–Crippen LogP) is 2.66. The van der Waals surface area contributed by atoms with Crippen molar-refractivity contribution >= 4 is 12.6 Å². The van der Waals surface area contributed by atoms with Gasteiger partial charge in [-0.15, -0.1) is 0 Å². The Hall–Kier alpha value is -0.350. The molecule has 0 heterocycles. The van der Waals surface area contributed by atoms with Gasteiger partial charge in [-0.3, -0.25) is 0 Å². The molecule has 0 aromatic rings. The minimum atomic E-state index is 0.473. The first-order chi connectivity index (χ1) is 5.25. The van der Waals surface area contributed by atoms with Crippen LogP contribution in [0, 0.1) is 17.8 Å². The molecular formula is C10H14S. The van der Waals surface area contributed by atoms with Crippen LogP contribution in [0.5, 0.6) is 0 Å². The van der Waals surface area contributed by atoms with Crippen molar-refractivity contribution in [3.63, 3.8) is 0 Å². The van der Waals surface area contributed by atoms with Crippen molar-refractivity contribution in [2.75, 3.05) is 0 Å². The summed E-state index contributed by atoms with van der Waals surface area (Å²) < 4.78 is 0. The van der Waals surface area contributed by atoms with Crippen LogP contribution in [0.4, 0.5) is 0 Å². The minimum absolute atomic E-state index is 0.473. The van der Waals surface area contributed by atoms with Gasteiger partial charge in [0.15, 0.2) is 0 Å². The zero-order valence-electron chi connectivity index (χ0n) is 7.09. The van der Waals surface area contributed by atoms with Gasteiger partial charge in [0.2, 0.25) is 0 Å². The summed E-state index contributed by atoms with van der Waals surface area (Å²) in [7, 11) is 0. The lowest BCUT2D eigenvalue weighted by Gasteiger charge is -2.32. The second kappa shape index (κ2) is 3.88. The molecule has 0 aromatic heterocycles. The Morgan fingerprint density at radius 1 is 1.73 bits per heavy atom. The van der Waals surface area contributed by atoms with Crippen LogP contribution in [0.2, 0.25) is 0 Å². The molecule has 60 valence electrons. The highest BCUT2D eigenvalue weighted by Crippen LogP contribution is 2.36. The van der Waals surface area contributed by atoms with E-state index in [0.717, 1.165) is 12.3 Å². The lowest BCUT2D eigenvalue weighted by molar-refractivity contribution is 0.478. The van der Waals surface area contributed by atoms with Gasteiger partial charge in [-0.25, -0.2) is 0 Å². The van der Waals surface area contributed by atoms with Crippen LogP contribution in [0.25, 0.3) is 0 Å². The quantitative estimate of drug-likeness (QED) is 0.415. The summed E-state index contributed by atoms with van der Waals surface area (Å²) in [6.45, 7) is 4.29. The van der Waals surface area contributed by atoms with Gasteiger partial charge < -0.3 is 0 Å². The second-order valence-electron chi connectivity index (χ2n) is 3.02. The molecule has 0 nitrogen and oxygen atoms in total. The molecule has 2 atom stereocenters. The van der Waals surface area contributed by atoms with Crippen LogP contribution in [-0.4, -0.2) is 5.25 Å². The Morgan fingerprint density at radius 3 is 2.91 bits per heavy atom. The van der Waals surface area contributed by atoms with E-state index in [9.17, 15) is 0 Å². The fourth-order valence-electron chi connectivity index (χ4n) is 1.20. The maximum atomic E-state index is 4.44. The normalized spacial score (nSPS) is 32.5. The molecule has 0 aromatic carbocycles. The van der Waals surface area contributed by atoms with E-state index in [0.29, 0.717) is 5.25 Å². The molecule has 2 unspecified atom stereocenters. The smallest absolute Gasteiger partial charge is 0.0264 e. The van der Waals surface area contributed by atoms with Gasteiger partial charge in [-0.2, -0.15) is 12.6 Å². The monoisotopic (exact) mass is 166 g/mol. The first-order valence-electron chi connectivity index (χ1n) is 4.11. The van der Waals surface area contributed by atoms with Crippen molar-refractivity contribution < 1.29 is 0 Å². The number of rotatable bonds is 0. The van der Waals surface area contributed by atoms with Crippen LogP contribution in [0.15, 0.2) is 11.6 Å². The number of allylic oxidation sites excluding steroid dienone is 1. The molecule has 1 rings (SSSR count). The Bertz CT molecular complexity index is 217. The highest BCUT2D eigenvalue weighted by Gasteiger charge is 2.28. The van der Waals surface area contributed by atoms with Gasteiger partial charge in [0.05, 0.1) is 0 Å².